The lowest BCUT2D eigenvalue weighted by atomic mass is 10.1. The van der Waals surface area contributed by atoms with Gasteiger partial charge in [0.15, 0.2) is 0 Å². The number of nitrogens with one attached hydrogen (secondary N) is 2. The van der Waals surface area contributed by atoms with Crippen LogP contribution in [0.4, 0.5) is 0 Å². The van der Waals surface area contributed by atoms with Crippen LogP contribution in [0, 0.1) is 6.92 Å². The second-order valence-electron chi connectivity index (χ2n) is 5.25. The highest BCUT2D eigenvalue weighted by Crippen LogP contribution is 2.17. The fraction of sp³-hybridized carbons (Fsp3) is 0.235. The SMILES string of the molecule is CNS(=O)(=O)c1ccc(C)c(C(=O)NCCOc2cccc(Cl)c2)c1. The molecule has 1 amide bonds. The van der Waals surface area contributed by atoms with Gasteiger partial charge in [-0.25, -0.2) is 13.1 Å². The van der Waals surface area contributed by atoms with Crippen LogP contribution in [0.5, 0.6) is 5.75 Å². The summed E-state index contributed by atoms with van der Waals surface area (Å²) < 4.78 is 31.4. The van der Waals surface area contributed by atoms with Crippen molar-refractivity contribution in [3.8, 4) is 5.75 Å². The van der Waals surface area contributed by atoms with Crippen LogP contribution in [0.25, 0.3) is 0 Å². The Hall–Kier alpha value is -2.09. The molecule has 0 saturated carbocycles. The molecule has 0 bridgehead atoms. The summed E-state index contributed by atoms with van der Waals surface area (Å²) in [4.78, 5) is 12.3. The number of benzene rings is 2. The van der Waals surface area contributed by atoms with Crippen molar-refractivity contribution in [2.45, 2.75) is 11.8 Å². The van der Waals surface area contributed by atoms with E-state index in [1.807, 2.05) is 0 Å². The van der Waals surface area contributed by atoms with E-state index < -0.39 is 10.0 Å². The molecule has 2 N–H and O–H groups in total. The van der Waals surface area contributed by atoms with E-state index in [1.54, 1.807) is 37.3 Å². The number of hydrogen-bond acceptors (Lipinski definition) is 4. The summed E-state index contributed by atoms with van der Waals surface area (Å²) in [6, 6.07) is 11.4. The second-order valence-corrected chi connectivity index (χ2v) is 7.57. The maximum Gasteiger partial charge on any atom is 0.251 e. The van der Waals surface area contributed by atoms with Crippen LogP contribution in [0.1, 0.15) is 15.9 Å². The molecule has 0 unspecified atom stereocenters. The molecule has 0 spiro atoms. The fourth-order valence-electron chi connectivity index (χ4n) is 2.12. The molecule has 0 heterocycles. The Morgan fingerprint density at radius 2 is 1.96 bits per heavy atom. The van der Waals surface area contributed by atoms with Gasteiger partial charge in [0, 0.05) is 10.6 Å². The van der Waals surface area contributed by atoms with Crippen LogP contribution < -0.4 is 14.8 Å². The van der Waals surface area contributed by atoms with Gasteiger partial charge in [0.05, 0.1) is 11.4 Å². The summed E-state index contributed by atoms with van der Waals surface area (Å²) in [6.45, 7) is 2.28. The number of amides is 1. The highest BCUT2D eigenvalue weighted by atomic mass is 35.5. The average molecular weight is 383 g/mol. The molecule has 0 saturated heterocycles. The van der Waals surface area contributed by atoms with E-state index in [2.05, 4.69) is 10.0 Å². The Kier molecular flexibility index (Phi) is 6.41. The Bertz CT molecular complexity index is 869. The third kappa shape index (κ3) is 5.19. The summed E-state index contributed by atoms with van der Waals surface area (Å²) in [7, 11) is -2.28. The van der Waals surface area contributed by atoms with E-state index in [1.165, 1.54) is 19.2 Å². The Morgan fingerprint density at radius 1 is 1.20 bits per heavy atom. The molecule has 2 aromatic rings. The summed E-state index contributed by atoms with van der Waals surface area (Å²) >= 11 is 5.87. The highest BCUT2D eigenvalue weighted by Gasteiger charge is 2.16. The van der Waals surface area contributed by atoms with Crippen molar-refractivity contribution in [1.29, 1.82) is 0 Å². The van der Waals surface area contributed by atoms with Crippen LogP contribution in [0.2, 0.25) is 5.02 Å². The van der Waals surface area contributed by atoms with Crippen molar-refractivity contribution >= 4 is 27.5 Å². The third-order valence-corrected chi connectivity index (χ3v) is 5.13. The molecular formula is C17H19ClN2O4S. The first kappa shape index (κ1) is 19.2. The molecule has 0 atom stereocenters. The molecule has 25 heavy (non-hydrogen) atoms. The van der Waals surface area contributed by atoms with Gasteiger partial charge in [-0.2, -0.15) is 0 Å². The van der Waals surface area contributed by atoms with Crippen LogP contribution in [-0.4, -0.2) is 34.5 Å². The maximum atomic E-state index is 12.3. The molecule has 6 nitrogen and oxygen atoms in total. The van der Waals surface area contributed by atoms with Crippen molar-refractivity contribution in [3.63, 3.8) is 0 Å². The molecule has 2 aromatic carbocycles. The molecule has 0 radical (unpaired) electrons. The van der Waals surface area contributed by atoms with E-state index in [4.69, 9.17) is 16.3 Å². The van der Waals surface area contributed by atoms with Crippen molar-refractivity contribution < 1.29 is 17.9 Å². The van der Waals surface area contributed by atoms with Crippen molar-refractivity contribution in [3.05, 3.63) is 58.6 Å². The number of rotatable bonds is 7. The lowest BCUT2D eigenvalue weighted by molar-refractivity contribution is 0.0946. The van der Waals surface area contributed by atoms with Crippen LogP contribution in [0.15, 0.2) is 47.4 Å². The Balaban J connectivity index is 1.97. The van der Waals surface area contributed by atoms with E-state index in [-0.39, 0.29) is 24.0 Å². The topological polar surface area (TPSA) is 84.5 Å². The first-order valence-corrected chi connectivity index (χ1v) is 9.40. The molecule has 0 aromatic heterocycles. The molecule has 0 aliphatic heterocycles. The second kappa shape index (κ2) is 8.33. The average Bonchev–Trinajstić information content (AvgIpc) is 2.59. The number of halogens is 1. The monoisotopic (exact) mass is 382 g/mol. The standard InChI is InChI=1S/C17H19ClN2O4S/c1-12-6-7-15(25(22,23)19-2)11-16(12)17(21)20-8-9-24-14-5-3-4-13(18)10-14/h3-7,10-11,19H,8-9H2,1-2H3,(H,20,21). The molecule has 0 aliphatic carbocycles. The van der Waals surface area contributed by atoms with Gasteiger partial charge in [-0.3, -0.25) is 4.79 Å². The lowest BCUT2D eigenvalue weighted by Gasteiger charge is -2.11. The van der Waals surface area contributed by atoms with Crippen molar-refractivity contribution in [2.75, 3.05) is 20.2 Å². The number of hydrogen-bond donors (Lipinski definition) is 2. The molecule has 0 fully saturated rings. The van der Waals surface area contributed by atoms with Gasteiger partial charge in [-0.1, -0.05) is 23.7 Å². The fourth-order valence-corrected chi connectivity index (χ4v) is 3.05. The minimum absolute atomic E-state index is 0.0425. The predicted molar refractivity (Wildman–Crippen MR) is 96.7 cm³/mol. The summed E-state index contributed by atoms with van der Waals surface area (Å²) in [5, 5.41) is 3.28. The summed E-state index contributed by atoms with van der Waals surface area (Å²) in [5.41, 5.74) is 0.988. The van der Waals surface area contributed by atoms with Gasteiger partial charge in [-0.05, 0) is 49.9 Å². The highest BCUT2D eigenvalue weighted by molar-refractivity contribution is 7.89. The zero-order chi connectivity index (χ0) is 18.4. The van der Waals surface area contributed by atoms with Crippen molar-refractivity contribution in [1.82, 2.24) is 10.0 Å². The first-order chi connectivity index (χ1) is 11.8. The van der Waals surface area contributed by atoms with E-state index in [0.717, 1.165) is 0 Å². The molecule has 134 valence electrons. The van der Waals surface area contributed by atoms with E-state index in [0.29, 0.717) is 21.9 Å². The number of carbonyl (C=O) groups excluding carboxylic acids is 1. The molecule has 8 heteroatoms. The lowest BCUT2D eigenvalue weighted by Crippen LogP contribution is -2.29. The quantitative estimate of drug-likeness (QED) is 0.720. The first-order valence-electron chi connectivity index (χ1n) is 7.54. The molecule has 0 aliphatic rings. The number of carbonyl (C=O) groups is 1. The van der Waals surface area contributed by atoms with E-state index >= 15 is 0 Å². The predicted octanol–water partition coefficient (Wildman–Crippen LogP) is 2.37. The minimum Gasteiger partial charge on any atom is -0.492 e. The van der Waals surface area contributed by atoms with E-state index in [9.17, 15) is 13.2 Å². The maximum absolute atomic E-state index is 12.3. The van der Waals surface area contributed by atoms with Gasteiger partial charge >= 0.3 is 0 Å². The number of sulfonamides is 1. The van der Waals surface area contributed by atoms with Gasteiger partial charge < -0.3 is 10.1 Å². The smallest absolute Gasteiger partial charge is 0.251 e. The normalized spacial score (nSPS) is 11.2. The van der Waals surface area contributed by atoms with Gasteiger partial charge in [0.2, 0.25) is 10.0 Å². The molecule has 2 rings (SSSR count). The Morgan fingerprint density at radius 3 is 2.64 bits per heavy atom. The van der Waals surface area contributed by atoms with Gasteiger partial charge in [0.25, 0.3) is 5.91 Å². The number of aryl methyl sites for hydroxylation is 1. The largest absolute Gasteiger partial charge is 0.492 e. The van der Waals surface area contributed by atoms with Crippen LogP contribution in [0.3, 0.4) is 0 Å². The van der Waals surface area contributed by atoms with Gasteiger partial charge in [-0.15, -0.1) is 0 Å². The van der Waals surface area contributed by atoms with Crippen LogP contribution >= 0.6 is 11.6 Å². The molecular weight excluding hydrogens is 364 g/mol. The van der Waals surface area contributed by atoms with Crippen LogP contribution in [-0.2, 0) is 10.0 Å². The number of ether oxygens (including phenoxy) is 1. The van der Waals surface area contributed by atoms with Crippen molar-refractivity contribution in [2.24, 2.45) is 0 Å². The minimum atomic E-state index is -3.60. The summed E-state index contributed by atoms with van der Waals surface area (Å²) in [6.07, 6.45) is 0. The Labute approximate surface area is 152 Å². The zero-order valence-electron chi connectivity index (χ0n) is 13.9. The summed E-state index contributed by atoms with van der Waals surface area (Å²) in [5.74, 6) is 0.250. The third-order valence-electron chi connectivity index (χ3n) is 3.49. The zero-order valence-corrected chi connectivity index (χ0v) is 15.4. The van der Waals surface area contributed by atoms with Gasteiger partial charge in [0.1, 0.15) is 12.4 Å².